The molecular weight excluding hydrogens is 281 g/mol. The molecule has 2 aromatic rings. The summed E-state index contributed by atoms with van der Waals surface area (Å²) in [5.74, 6) is -6.41. The second-order valence-electron chi connectivity index (χ2n) is 4.07. The van der Waals surface area contributed by atoms with Crippen LogP contribution in [-0.2, 0) is 12.5 Å². The Balaban J connectivity index is 2.75. The van der Waals surface area contributed by atoms with Gasteiger partial charge >= 0.3 is 12.1 Å². The Morgan fingerprint density at radius 1 is 1.25 bits per heavy atom. The molecule has 0 atom stereocenters. The van der Waals surface area contributed by atoms with Gasteiger partial charge in [-0.2, -0.15) is 27.2 Å². The zero-order chi connectivity index (χ0) is 15.1. The van der Waals surface area contributed by atoms with Gasteiger partial charge in [0, 0.05) is 6.54 Å². The Bertz CT molecular complexity index is 693. The second-order valence-corrected chi connectivity index (χ2v) is 4.07. The molecule has 0 spiro atoms. The van der Waals surface area contributed by atoms with E-state index in [9.17, 15) is 22.0 Å². The molecule has 0 aliphatic carbocycles. The van der Waals surface area contributed by atoms with Crippen molar-refractivity contribution in [3.05, 3.63) is 29.6 Å². The largest absolute Gasteiger partial charge is 0.461 e. The van der Waals surface area contributed by atoms with Gasteiger partial charge in [-0.05, 0) is 25.1 Å². The maximum Gasteiger partial charge on any atom is 0.461 e. The lowest BCUT2D eigenvalue weighted by atomic mass is 10.2. The van der Waals surface area contributed by atoms with Crippen LogP contribution in [0.25, 0.3) is 11.0 Å². The molecule has 0 amide bonds. The Labute approximate surface area is 110 Å². The molecule has 20 heavy (non-hydrogen) atoms. The van der Waals surface area contributed by atoms with E-state index in [2.05, 4.69) is 4.98 Å². The summed E-state index contributed by atoms with van der Waals surface area (Å²) in [6.07, 6.45) is -5.72. The van der Waals surface area contributed by atoms with Gasteiger partial charge in [-0.15, -0.1) is 0 Å². The van der Waals surface area contributed by atoms with E-state index in [4.69, 9.17) is 5.26 Å². The van der Waals surface area contributed by atoms with Crippen LogP contribution in [0.3, 0.4) is 0 Å². The van der Waals surface area contributed by atoms with Crippen LogP contribution < -0.4 is 0 Å². The van der Waals surface area contributed by atoms with Gasteiger partial charge in [-0.3, -0.25) is 0 Å². The van der Waals surface area contributed by atoms with Crippen LogP contribution >= 0.6 is 0 Å². The van der Waals surface area contributed by atoms with Crippen molar-refractivity contribution < 1.29 is 22.0 Å². The molecule has 0 fully saturated rings. The minimum absolute atomic E-state index is 0.0650. The fraction of sp³-hybridized carbons (Fsp3) is 0.333. The van der Waals surface area contributed by atoms with E-state index in [0.717, 1.165) is 4.57 Å². The van der Waals surface area contributed by atoms with Crippen molar-refractivity contribution in [3.63, 3.8) is 0 Å². The van der Waals surface area contributed by atoms with Gasteiger partial charge in [-0.25, -0.2) is 4.98 Å². The predicted octanol–water partition coefficient (Wildman–Crippen LogP) is 3.58. The van der Waals surface area contributed by atoms with Crippen molar-refractivity contribution in [1.82, 2.24) is 9.55 Å². The number of imidazole rings is 1. The van der Waals surface area contributed by atoms with Crippen LogP contribution in [0.1, 0.15) is 18.3 Å². The Morgan fingerprint density at radius 3 is 2.40 bits per heavy atom. The number of benzene rings is 1. The number of hydrogen-bond acceptors (Lipinski definition) is 2. The van der Waals surface area contributed by atoms with Gasteiger partial charge in [0.05, 0.1) is 22.7 Å². The van der Waals surface area contributed by atoms with Gasteiger partial charge in [0.2, 0.25) is 0 Å². The van der Waals surface area contributed by atoms with E-state index in [1.54, 1.807) is 6.07 Å². The molecular formula is C12H8F5N3. The molecule has 0 aliphatic rings. The lowest BCUT2D eigenvalue weighted by Crippen LogP contribution is -2.36. The maximum absolute atomic E-state index is 13.5. The summed E-state index contributed by atoms with van der Waals surface area (Å²) in [6, 6.07) is 5.60. The van der Waals surface area contributed by atoms with Gasteiger partial charge in [0.25, 0.3) is 0 Å². The normalized spacial score (nSPS) is 12.7. The molecule has 1 aromatic heterocycles. The monoisotopic (exact) mass is 289 g/mol. The number of halogens is 5. The summed E-state index contributed by atoms with van der Waals surface area (Å²) in [5, 5.41) is 8.71. The predicted molar refractivity (Wildman–Crippen MR) is 60.1 cm³/mol. The van der Waals surface area contributed by atoms with Gasteiger partial charge < -0.3 is 4.57 Å². The average Bonchev–Trinajstić information content (AvgIpc) is 2.75. The summed E-state index contributed by atoms with van der Waals surface area (Å²) in [5.41, 5.74) is 0.204. The second kappa shape index (κ2) is 4.44. The highest BCUT2D eigenvalue weighted by atomic mass is 19.4. The Hall–Kier alpha value is -2.17. The fourth-order valence-corrected chi connectivity index (χ4v) is 1.89. The molecule has 0 unspecified atom stereocenters. The van der Waals surface area contributed by atoms with E-state index < -0.39 is 17.9 Å². The van der Waals surface area contributed by atoms with Gasteiger partial charge in [0.15, 0.2) is 5.82 Å². The minimum atomic E-state index is -5.72. The van der Waals surface area contributed by atoms with Crippen molar-refractivity contribution in [2.75, 3.05) is 0 Å². The number of aromatic nitrogens is 2. The summed E-state index contributed by atoms with van der Waals surface area (Å²) in [7, 11) is 0. The van der Waals surface area contributed by atoms with Crippen LogP contribution in [0, 0.1) is 11.3 Å². The first kappa shape index (κ1) is 14.2. The topological polar surface area (TPSA) is 41.6 Å². The quantitative estimate of drug-likeness (QED) is 0.793. The first-order valence-electron chi connectivity index (χ1n) is 5.57. The van der Waals surface area contributed by atoms with Crippen molar-refractivity contribution in [3.8, 4) is 6.07 Å². The Morgan fingerprint density at radius 2 is 1.90 bits per heavy atom. The van der Waals surface area contributed by atoms with Crippen LogP contribution in [0.5, 0.6) is 0 Å². The van der Waals surface area contributed by atoms with Crippen LogP contribution in [0.4, 0.5) is 22.0 Å². The summed E-state index contributed by atoms with van der Waals surface area (Å²) >= 11 is 0. The van der Waals surface area contributed by atoms with Gasteiger partial charge in [0.1, 0.15) is 0 Å². The molecule has 0 radical (unpaired) electrons. The summed E-state index contributed by atoms with van der Waals surface area (Å²) < 4.78 is 65.1. The number of rotatable bonds is 2. The van der Waals surface area contributed by atoms with E-state index >= 15 is 0 Å². The van der Waals surface area contributed by atoms with Crippen LogP contribution in [0.15, 0.2) is 18.2 Å². The standard InChI is InChI=1S/C12H8F5N3/c1-2-20-9-4-3-7(6-18)5-8(9)19-10(20)11(13,14)12(15,16)17/h3-5H,2H2,1H3. The Kier molecular flexibility index (Phi) is 3.16. The van der Waals surface area contributed by atoms with Crippen molar-refractivity contribution in [2.45, 2.75) is 25.6 Å². The lowest BCUT2D eigenvalue weighted by molar-refractivity contribution is -0.293. The highest BCUT2D eigenvalue weighted by Gasteiger charge is 2.61. The third-order valence-electron chi connectivity index (χ3n) is 2.83. The number of nitrogens with zero attached hydrogens (tertiary/aromatic N) is 3. The zero-order valence-corrected chi connectivity index (χ0v) is 10.2. The number of hydrogen-bond donors (Lipinski definition) is 0. The third kappa shape index (κ3) is 1.99. The smallest absolute Gasteiger partial charge is 0.323 e. The van der Waals surface area contributed by atoms with Gasteiger partial charge in [-0.1, -0.05) is 0 Å². The van der Waals surface area contributed by atoms with E-state index in [1.807, 2.05) is 0 Å². The lowest BCUT2D eigenvalue weighted by Gasteiger charge is -2.19. The fourth-order valence-electron chi connectivity index (χ4n) is 1.89. The average molecular weight is 289 g/mol. The van der Waals surface area contributed by atoms with E-state index in [1.165, 1.54) is 25.1 Å². The van der Waals surface area contributed by atoms with Crippen molar-refractivity contribution >= 4 is 11.0 Å². The molecule has 3 nitrogen and oxygen atoms in total. The SMILES string of the molecule is CCn1c(C(F)(F)C(F)(F)F)nc2cc(C#N)ccc21. The molecule has 0 saturated carbocycles. The van der Waals surface area contributed by atoms with Crippen LogP contribution in [-0.4, -0.2) is 15.7 Å². The number of fused-ring (bicyclic) bond motifs is 1. The molecule has 2 rings (SSSR count). The molecule has 1 heterocycles. The molecule has 0 aliphatic heterocycles. The summed E-state index contributed by atoms with van der Waals surface area (Å²) in [4.78, 5) is 3.37. The highest BCUT2D eigenvalue weighted by Crippen LogP contribution is 2.44. The number of alkyl halides is 5. The van der Waals surface area contributed by atoms with Crippen molar-refractivity contribution in [2.24, 2.45) is 0 Å². The van der Waals surface area contributed by atoms with E-state index in [-0.39, 0.29) is 23.1 Å². The molecule has 8 heteroatoms. The zero-order valence-electron chi connectivity index (χ0n) is 10.2. The summed E-state index contributed by atoms with van der Waals surface area (Å²) in [6.45, 7) is 1.35. The van der Waals surface area contributed by atoms with Crippen molar-refractivity contribution in [1.29, 1.82) is 5.26 Å². The number of aryl methyl sites for hydroxylation is 1. The van der Waals surface area contributed by atoms with Crippen LogP contribution in [0.2, 0.25) is 0 Å². The first-order valence-corrected chi connectivity index (χ1v) is 5.57. The molecule has 1 aromatic carbocycles. The maximum atomic E-state index is 13.5. The highest BCUT2D eigenvalue weighted by molar-refractivity contribution is 5.78. The van der Waals surface area contributed by atoms with E-state index in [0.29, 0.717) is 0 Å². The molecule has 0 saturated heterocycles. The third-order valence-corrected chi connectivity index (χ3v) is 2.83. The molecule has 106 valence electrons. The minimum Gasteiger partial charge on any atom is -0.323 e. The molecule has 0 N–H and O–H groups in total. The first-order chi connectivity index (χ1) is 9.22. The number of nitriles is 1. The molecule has 0 bridgehead atoms.